The normalized spacial score (nSPS) is 10.5. The molecule has 0 aliphatic heterocycles. The van der Waals surface area contributed by atoms with Crippen molar-refractivity contribution in [3.63, 3.8) is 0 Å². The van der Waals surface area contributed by atoms with Gasteiger partial charge in [0.25, 0.3) is 11.6 Å². The summed E-state index contributed by atoms with van der Waals surface area (Å²) >= 11 is 13.3. The summed E-state index contributed by atoms with van der Waals surface area (Å²) in [6, 6.07) is 7.39. The number of nitro groups is 1. The van der Waals surface area contributed by atoms with Gasteiger partial charge in [-0.2, -0.15) is 0 Å². The SMILES string of the molecule is CCOc1cc([N+](=O)[O-])c(C(=O)Nc2nc(-c3cc(Cl)ccc3Cl)cs2)cc1OC. The van der Waals surface area contributed by atoms with Crippen molar-refractivity contribution in [2.24, 2.45) is 0 Å². The van der Waals surface area contributed by atoms with Crippen LogP contribution in [0.1, 0.15) is 17.3 Å². The molecule has 30 heavy (non-hydrogen) atoms. The van der Waals surface area contributed by atoms with Gasteiger partial charge >= 0.3 is 0 Å². The van der Waals surface area contributed by atoms with Crippen molar-refractivity contribution >= 4 is 51.3 Å². The maximum absolute atomic E-state index is 12.8. The number of carbonyl (C=O) groups excluding carboxylic acids is 1. The van der Waals surface area contributed by atoms with Gasteiger partial charge in [0.2, 0.25) is 0 Å². The second-order valence-corrected chi connectivity index (χ2v) is 7.53. The van der Waals surface area contributed by atoms with Crippen LogP contribution in [0.3, 0.4) is 0 Å². The van der Waals surface area contributed by atoms with Gasteiger partial charge in [-0.1, -0.05) is 23.2 Å². The summed E-state index contributed by atoms with van der Waals surface area (Å²) in [4.78, 5) is 27.9. The molecule has 3 aromatic rings. The minimum absolute atomic E-state index is 0.176. The summed E-state index contributed by atoms with van der Waals surface area (Å²) in [5.74, 6) is -0.324. The third-order valence-corrected chi connectivity index (χ3v) is 5.27. The number of benzene rings is 2. The standard InChI is InChI=1S/C19H15Cl2N3O5S/c1-3-29-17-8-15(24(26)27)12(7-16(17)28-2)18(25)23-19-22-14(9-30-19)11-6-10(20)4-5-13(11)21/h4-9H,3H2,1-2H3,(H,22,23,25). The molecule has 0 radical (unpaired) electrons. The molecule has 1 amide bonds. The van der Waals surface area contributed by atoms with Crippen LogP contribution in [-0.2, 0) is 0 Å². The molecule has 3 rings (SSSR count). The first-order valence-electron chi connectivity index (χ1n) is 8.55. The number of carbonyl (C=O) groups is 1. The number of hydrogen-bond acceptors (Lipinski definition) is 7. The van der Waals surface area contributed by atoms with Crippen molar-refractivity contribution < 1.29 is 19.2 Å². The predicted octanol–water partition coefficient (Wildman–Crippen LogP) is 5.68. The topological polar surface area (TPSA) is 104 Å². The highest BCUT2D eigenvalue weighted by molar-refractivity contribution is 7.14. The molecule has 2 aromatic carbocycles. The molecule has 156 valence electrons. The van der Waals surface area contributed by atoms with E-state index in [2.05, 4.69) is 10.3 Å². The number of nitrogens with one attached hydrogen (secondary N) is 1. The number of halogens is 2. The van der Waals surface area contributed by atoms with Gasteiger partial charge in [-0.05, 0) is 25.1 Å². The Morgan fingerprint density at radius 2 is 2.03 bits per heavy atom. The van der Waals surface area contributed by atoms with E-state index in [4.69, 9.17) is 32.7 Å². The van der Waals surface area contributed by atoms with Gasteiger partial charge in [-0.15, -0.1) is 11.3 Å². The number of anilines is 1. The Bertz CT molecular complexity index is 1120. The van der Waals surface area contributed by atoms with Crippen LogP contribution < -0.4 is 14.8 Å². The molecular weight excluding hydrogens is 453 g/mol. The van der Waals surface area contributed by atoms with Gasteiger partial charge < -0.3 is 9.47 Å². The van der Waals surface area contributed by atoms with E-state index in [1.807, 2.05) is 0 Å². The van der Waals surface area contributed by atoms with Crippen LogP contribution in [0, 0.1) is 10.1 Å². The molecule has 11 heteroatoms. The maximum atomic E-state index is 12.8. The van der Waals surface area contributed by atoms with E-state index in [-0.39, 0.29) is 28.8 Å². The van der Waals surface area contributed by atoms with E-state index in [0.29, 0.717) is 21.3 Å². The maximum Gasteiger partial charge on any atom is 0.286 e. The van der Waals surface area contributed by atoms with Crippen molar-refractivity contribution in [3.05, 3.63) is 61.4 Å². The third kappa shape index (κ3) is 4.64. The largest absolute Gasteiger partial charge is 0.493 e. The average molecular weight is 468 g/mol. The number of nitrogens with zero attached hydrogens (tertiary/aromatic N) is 2. The lowest BCUT2D eigenvalue weighted by molar-refractivity contribution is -0.385. The van der Waals surface area contributed by atoms with E-state index in [1.54, 1.807) is 30.5 Å². The van der Waals surface area contributed by atoms with Crippen molar-refractivity contribution in [3.8, 4) is 22.8 Å². The Labute approximate surface area is 185 Å². The fraction of sp³-hybridized carbons (Fsp3) is 0.158. The van der Waals surface area contributed by atoms with E-state index in [1.165, 1.54) is 13.2 Å². The fourth-order valence-electron chi connectivity index (χ4n) is 2.62. The zero-order valence-electron chi connectivity index (χ0n) is 15.8. The van der Waals surface area contributed by atoms with Crippen LogP contribution in [0.4, 0.5) is 10.8 Å². The van der Waals surface area contributed by atoms with Gasteiger partial charge in [0.15, 0.2) is 16.6 Å². The highest BCUT2D eigenvalue weighted by Gasteiger charge is 2.25. The average Bonchev–Trinajstić information content (AvgIpc) is 3.17. The summed E-state index contributed by atoms with van der Waals surface area (Å²) in [6.07, 6.45) is 0. The van der Waals surface area contributed by atoms with Gasteiger partial charge in [-0.25, -0.2) is 4.98 Å². The molecule has 0 spiro atoms. The van der Waals surface area contributed by atoms with Crippen LogP contribution in [0.2, 0.25) is 10.0 Å². The minimum Gasteiger partial charge on any atom is -0.493 e. The smallest absolute Gasteiger partial charge is 0.286 e. The zero-order chi connectivity index (χ0) is 21.8. The minimum atomic E-state index is -0.707. The lowest BCUT2D eigenvalue weighted by atomic mass is 10.1. The van der Waals surface area contributed by atoms with Crippen LogP contribution in [-0.4, -0.2) is 29.5 Å². The number of hydrogen-bond donors (Lipinski definition) is 1. The van der Waals surface area contributed by atoms with E-state index >= 15 is 0 Å². The first-order valence-corrected chi connectivity index (χ1v) is 10.2. The summed E-state index contributed by atoms with van der Waals surface area (Å²) in [5.41, 5.74) is 0.528. The number of methoxy groups -OCH3 is 1. The molecule has 1 heterocycles. The molecule has 0 bridgehead atoms. The lowest BCUT2D eigenvalue weighted by Gasteiger charge is -2.11. The second-order valence-electron chi connectivity index (χ2n) is 5.83. The summed E-state index contributed by atoms with van der Waals surface area (Å²) < 4.78 is 10.5. The monoisotopic (exact) mass is 467 g/mol. The van der Waals surface area contributed by atoms with E-state index < -0.39 is 16.5 Å². The van der Waals surface area contributed by atoms with Crippen molar-refractivity contribution in [1.82, 2.24) is 4.98 Å². The summed E-state index contributed by atoms with van der Waals surface area (Å²) in [6.45, 7) is 2.02. The Balaban J connectivity index is 1.92. The van der Waals surface area contributed by atoms with Gasteiger partial charge in [0.1, 0.15) is 5.56 Å². The van der Waals surface area contributed by atoms with Crippen molar-refractivity contribution in [2.75, 3.05) is 19.0 Å². The zero-order valence-corrected chi connectivity index (χ0v) is 18.1. The Kier molecular flexibility index (Phi) is 6.76. The quantitative estimate of drug-likeness (QED) is 0.353. The first-order chi connectivity index (χ1) is 14.3. The molecule has 0 atom stereocenters. The van der Waals surface area contributed by atoms with Crippen LogP contribution in [0.15, 0.2) is 35.7 Å². The van der Waals surface area contributed by atoms with Gasteiger partial charge in [0.05, 0.1) is 35.4 Å². The second kappa shape index (κ2) is 9.29. The van der Waals surface area contributed by atoms with E-state index in [9.17, 15) is 14.9 Å². The number of nitro benzene ring substituents is 1. The molecule has 8 nitrogen and oxygen atoms in total. The molecular formula is C19H15Cl2N3O5S. The van der Waals surface area contributed by atoms with Gasteiger partial charge in [-0.3, -0.25) is 20.2 Å². The fourth-order valence-corrected chi connectivity index (χ4v) is 3.72. The number of amides is 1. The predicted molar refractivity (Wildman–Crippen MR) is 116 cm³/mol. The Hall–Kier alpha value is -2.88. The molecule has 0 fully saturated rings. The first kappa shape index (κ1) is 21.8. The molecule has 0 saturated carbocycles. The van der Waals surface area contributed by atoms with Crippen molar-refractivity contribution in [2.45, 2.75) is 6.92 Å². The van der Waals surface area contributed by atoms with Crippen LogP contribution in [0.25, 0.3) is 11.3 Å². The molecule has 0 unspecified atom stereocenters. The number of thiazole rings is 1. The molecule has 1 N–H and O–H groups in total. The Morgan fingerprint density at radius 1 is 1.27 bits per heavy atom. The number of ether oxygens (including phenoxy) is 2. The van der Waals surface area contributed by atoms with Gasteiger partial charge in [0, 0.05) is 22.0 Å². The summed E-state index contributed by atoms with van der Waals surface area (Å²) in [7, 11) is 1.38. The number of rotatable bonds is 7. The Morgan fingerprint density at radius 3 is 2.70 bits per heavy atom. The summed E-state index contributed by atoms with van der Waals surface area (Å²) in [5, 5.41) is 16.9. The van der Waals surface area contributed by atoms with E-state index in [0.717, 1.165) is 17.4 Å². The molecule has 0 aliphatic rings. The molecule has 0 aliphatic carbocycles. The van der Waals surface area contributed by atoms with Crippen LogP contribution >= 0.6 is 34.5 Å². The molecule has 1 aromatic heterocycles. The highest BCUT2D eigenvalue weighted by atomic mass is 35.5. The lowest BCUT2D eigenvalue weighted by Crippen LogP contribution is -2.14. The highest BCUT2D eigenvalue weighted by Crippen LogP contribution is 2.36. The molecule has 0 saturated heterocycles. The number of aromatic nitrogens is 1. The van der Waals surface area contributed by atoms with Crippen LogP contribution in [0.5, 0.6) is 11.5 Å². The van der Waals surface area contributed by atoms with Crippen molar-refractivity contribution in [1.29, 1.82) is 0 Å². The third-order valence-electron chi connectivity index (χ3n) is 3.95.